The number of nitrogens with zero attached hydrogens (tertiary/aromatic N) is 1. The van der Waals surface area contributed by atoms with E-state index in [1.165, 1.54) is 30.5 Å². The number of rotatable bonds is 3. The molecule has 0 aliphatic carbocycles. The van der Waals surface area contributed by atoms with Gasteiger partial charge in [0, 0.05) is 18.1 Å². The largest absolute Gasteiger partial charge is 0.323 e. The first-order chi connectivity index (χ1) is 8.99. The highest BCUT2D eigenvalue weighted by atomic mass is 15.2. The molecular formula is C17H28N2. The van der Waals surface area contributed by atoms with E-state index in [2.05, 4.69) is 56.9 Å². The lowest BCUT2D eigenvalue weighted by Gasteiger charge is -2.42. The number of piperidine rings is 1. The molecule has 2 rings (SSSR count). The summed E-state index contributed by atoms with van der Waals surface area (Å²) in [6.07, 6.45) is 2.60. The van der Waals surface area contributed by atoms with Crippen LogP contribution in [0.1, 0.15) is 50.8 Å². The van der Waals surface area contributed by atoms with Crippen molar-refractivity contribution in [3.8, 4) is 0 Å². The second-order valence-corrected chi connectivity index (χ2v) is 6.39. The van der Waals surface area contributed by atoms with Gasteiger partial charge in [-0.2, -0.15) is 0 Å². The Morgan fingerprint density at radius 1 is 1.21 bits per heavy atom. The molecule has 4 atom stereocenters. The van der Waals surface area contributed by atoms with E-state index in [9.17, 15) is 0 Å². The summed E-state index contributed by atoms with van der Waals surface area (Å²) < 4.78 is 0. The van der Waals surface area contributed by atoms with Crippen LogP contribution in [0.15, 0.2) is 24.3 Å². The van der Waals surface area contributed by atoms with Gasteiger partial charge in [-0.1, -0.05) is 36.8 Å². The minimum absolute atomic E-state index is 0.108. The fourth-order valence-corrected chi connectivity index (χ4v) is 3.30. The standard InChI is InChI=1S/C17H28N2/c1-12-5-7-16(8-6-12)17(18)15(4)19-10-9-13(2)11-14(19)3/h5-8,13-15,17H,9-11,18H2,1-4H3. The van der Waals surface area contributed by atoms with Crippen LogP contribution in [0.5, 0.6) is 0 Å². The van der Waals surface area contributed by atoms with Gasteiger partial charge in [0.2, 0.25) is 0 Å². The molecule has 2 N–H and O–H groups in total. The normalized spacial score (nSPS) is 28.1. The zero-order chi connectivity index (χ0) is 14.0. The van der Waals surface area contributed by atoms with Gasteiger partial charge >= 0.3 is 0 Å². The van der Waals surface area contributed by atoms with Crippen LogP contribution in [0.2, 0.25) is 0 Å². The fraction of sp³-hybridized carbons (Fsp3) is 0.647. The lowest BCUT2D eigenvalue weighted by molar-refractivity contribution is 0.0770. The van der Waals surface area contributed by atoms with Crippen molar-refractivity contribution < 1.29 is 0 Å². The van der Waals surface area contributed by atoms with E-state index in [1.54, 1.807) is 0 Å². The second kappa shape index (κ2) is 6.06. The first-order valence-electron chi connectivity index (χ1n) is 7.57. The van der Waals surface area contributed by atoms with E-state index < -0.39 is 0 Å². The smallest absolute Gasteiger partial charge is 0.0450 e. The van der Waals surface area contributed by atoms with Crippen LogP contribution in [0.25, 0.3) is 0 Å². The first-order valence-corrected chi connectivity index (χ1v) is 7.57. The summed E-state index contributed by atoms with van der Waals surface area (Å²) in [5.41, 5.74) is 9.02. The van der Waals surface area contributed by atoms with Gasteiger partial charge in [0.25, 0.3) is 0 Å². The number of nitrogens with two attached hydrogens (primary N) is 1. The van der Waals surface area contributed by atoms with Gasteiger partial charge in [-0.15, -0.1) is 0 Å². The van der Waals surface area contributed by atoms with Crippen molar-refractivity contribution in [2.75, 3.05) is 6.54 Å². The molecule has 0 saturated carbocycles. The molecule has 0 aromatic heterocycles. The van der Waals surface area contributed by atoms with E-state index >= 15 is 0 Å². The Bertz CT molecular complexity index is 398. The predicted molar refractivity (Wildman–Crippen MR) is 82.1 cm³/mol. The monoisotopic (exact) mass is 260 g/mol. The lowest BCUT2D eigenvalue weighted by atomic mass is 9.90. The summed E-state index contributed by atoms with van der Waals surface area (Å²) in [6.45, 7) is 10.3. The maximum Gasteiger partial charge on any atom is 0.0450 e. The van der Waals surface area contributed by atoms with Crippen molar-refractivity contribution in [1.82, 2.24) is 4.90 Å². The van der Waals surface area contributed by atoms with Gasteiger partial charge in [0.1, 0.15) is 0 Å². The summed E-state index contributed by atoms with van der Waals surface area (Å²) in [6, 6.07) is 9.83. The summed E-state index contributed by atoms with van der Waals surface area (Å²) in [5.74, 6) is 0.856. The molecular weight excluding hydrogens is 232 g/mol. The maximum absolute atomic E-state index is 6.47. The van der Waals surface area contributed by atoms with Crippen LogP contribution in [0, 0.1) is 12.8 Å². The number of hydrogen-bond donors (Lipinski definition) is 1. The van der Waals surface area contributed by atoms with Crippen LogP contribution < -0.4 is 5.73 Å². The van der Waals surface area contributed by atoms with Crippen molar-refractivity contribution in [3.63, 3.8) is 0 Å². The minimum Gasteiger partial charge on any atom is -0.323 e. The Kier molecular flexibility index (Phi) is 4.64. The second-order valence-electron chi connectivity index (χ2n) is 6.39. The van der Waals surface area contributed by atoms with E-state index in [4.69, 9.17) is 5.73 Å². The van der Waals surface area contributed by atoms with Crippen LogP contribution in [0.4, 0.5) is 0 Å². The van der Waals surface area contributed by atoms with E-state index in [-0.39, 0.29) is 6.04 Å². The molecule has 1 saturated heterocycles. The zero-order valence-electron chi connectivity index (χ0n) is 12.8. The van der Waals surface area contributed by atoms with Crippen molar-refractivity contribution in [1.29, 1.82) is 0 Å². The zero-order valence-corrected chi connectivity index (χ0v) is 12.8. The van der Waals surface area contributed by atoms with Gasteiger partial charge < -0.3 is 5.73 Å². The maximum atomic E-state index is 6.47. The Labute approximate surface area is 118 Å². The molecule has 0 spiro atoms. The molecule has 1 aliphatic rings. The fourth-order valence-electron chi connectivity index (χ4n) is 3.30. The number of hydrogen-bond acceptors (Lipinski definition) is 2. The summed E-state index contributed by atoms with van der Waals surface area (Å²) in [5, 5.41) is 0. The lowest BCUT2D eigenvalue weighted by Crippen LogP contribution is -2.49. The van der Waals surface area contributed by atoms with Crippen LogP contribution in [-0.4, -0.2) is 23.5 Å². The molecule has 1 aromatic rings. The third-order valence-corrected chi connectivity index (χ3v) is 4.69. The average Bonchev–Trinajstić information content (AvgIpc) is 2.38. The van der Waals surface area contributed by atoms with E-state index in [0.29, 0.717) is 12.1 Å². The summed E-state index contributed by atoms with van der Waals surface area (Å²) in [7, 11) is 0. The van der Waals surface area contributed by atoms with Crippen LogP contribution >= 0.6 is 0 Å². The molecule has 2 nitrogen and oxygen atoms in total. The van der Waals surface area contributed by atoms with Crippen LogP contribution in [0.3, 0.4) is 0 Å². The summed E-state index contributed by atoms with van der Waals surface area (Å²) in [4.78, 5) is 2.59. The van der Waals surface area contributed by atoms with Gasteiger partial charge in [-0.3, -0.25) is 4.90 Å². The van der Waals surface area contributed by atoms with Crippen molar-refractivity contribution in [2.24, 2.45) is 11.7 Å². The van der Waals surface area contributed by atoms with Crippen LogP contribution in [-0.2, 0) is 0 Å². The molecule has 106 valence electrons. The highest BCUT2D eigenvalue weighted by molar-refractivity contribution is 5.25. The molecule has 2 heteroatoms. The first kappa shape index (κ1) is 14.5. The number of benzene rings is 1. The summed E-state index contributed by atoms with van der Waals surface area (Å²) >= 11 is 0. The van der Waals surface area contributed by atoms with Crippen molar-refractivity contribution in [3.05, 3.63) is 35.4 Å². The predicted octanol–water partition coefficient (Wildman–Crippen LogP) is 3.50. The molecule has 4 unspecified atom stereocenters. The molecule has 1 aromatic carbocycles. The Balaban J connectivity index is 2.06. The number of aryl methyl sites for hydroxylation is 1. The molecule has 0 amide bonds. The van der Waals surface area contributed by atoms with Gasteiger partial charge in [0.05, 0.1) is 0 Å². The van der Waals surface area contributed by atoms with Gasteiger partial charge in [-0.05, 0) is 51.6 Å². The Morgan fingerprint density at radius 3 is 2.42 bits per heavy atom. The highest BCUT2D eigenvalue weighted by Gasteiger charge is 2.29. The molecule has 0 radical (unpaired) electrons. The number of likely N-dealkylation sites (tertiary alicyclic amines) is 1. The molecule has 0 bridgehead atoms. The highest BCUT2D eigenvalue weighted by Crippen LogP contribution is 2.28. The average molecular weight is 260 g/mol. The minimum atomic E-state index is 0.108. The molecule has 19 heavy (non-hydrogen) atoms. The van der Waals surface area contributed by atoms with E-state index in [1.807, 2.05) is 0 Å². The van der Waals surface area contributed by atoms with E-state index in [0.717, 1.165) is 5.92 Å². The van der Waals surface area contributed by atoms with Crippen molar-refractivity contribution >= 4 is 0 Å². The Hall–Kier alpha value is -0.860. The Morgan fingerprint density at radius 2 is 1.84 bits per heavy atom. The SMILES string of the molecule is Cc1ccc(C(N)C(C)N2CCC(C)CC2C)cc1. The molecule has 1 fully saturated rings. The quantitative estimate of drug-likeness (QED) is 0.901. The topological polar surface area (TPSA) is 29.3 Å². The van der Waals surface area contributed by atoms with Gasteiger partial charge in [0.15, 0.2) is 0 Å². The third-order valence-electron chi connectivity index (χ3n) is 4.69. The van der Waals surface area contributed by atoms with Crippen molar-refractivity contribution in [2.45, 2.75) is 58.7 Å². The molecule has 1 heterocycles. The van der Waals surface area contributed by atoms with Gasteiger partial charge in [-0.25, -0.2) is 0 Å². The molecule has 1 aliphatic heterocycles. The third kappa shape index (κ3) is 3.37.